The van der Waals surface area contributed by atoms with E-state index in [9.17, 15) is 13.6 Å². The molecule has 0 aliphatic carbocycles. The van der Waals surface area contributed by atoms with Crippen molar-refractivity contribution in [3.05, 3.63) is 59.7 Å². The molecular weight excluding hydrogens is 312 g/mol. The van der Waals surface area contributed by atoms with Gasteiger partial charge in [0.25, 0.3) is 0 Å². The van der Waals surface area contributed by atoms with Crippen LogP contribution >= 0.6 is 0 Å². The van der Waals surface area contributed by atoms with Gasteiger partial charge in [-0.3, -0.25) is 4.79 Å². The number of nitrogens with one attached hydrogen (secondary N) is 1. The molecule has 0 atom stereocenters. The highest BCUT2D eigenvalue weighted by molar-refractivity contribution is 5.91. The molecule has 2 aromatic rings. The van der Waals surface area contributed by atoms with E-state index in [-0.39, 0.29) is 17.6 Å². The van der Waals surface area contributed by atoms with Gasteiger partial charge in [0.15, 0.2) is 0 Å². The Morgan fingerprint density at radius 1 is 1.12 bits per heavy atom. The van der Waals surface area contributed by atoms with Crippen LogP contribution in [0.2, 0.25) is 0 Å². The van der Waals surface area contributed by atoms with E-state index in [0.29, 0.717) is 24.1 Å². The smallest absolute Gasteiger partial charge is 0.387 e. The van der Waals surface area contributed by atoms with Crippen LogP contribution in [0.5, 0.6) is 5.75 Å². The van der Waals surface area contributed by atoms with E-state index < -0.39 is 6.61 Å². The predicted molar refractivity (Wildman–Crippen MR) is 90.4 cm³/mol. The van der Waals surface area contributed by atoms with Crippen molar-refractivity contribution in [1.29, 1.82) is 0 Å². The summed E-state index contributed by atoms with van der Waals surface area (Å²) in [6.45, 7) is 1.03. The number of halogens is 2. The van der Waals surface area contributed by atoms with Crippen LogP contribution in [-0.2, 0) is 11.2 Å². The number of alkyl halides is 2. The van der Waals surface area contributed by atoms with Crippen LogP contribution in [0.4, 0.5) is 14.5 Å². The summed E-state index contributed by atoms with van der Waals surface area (Å²) in [6.07, 6.45) is 0.847. The van der Waals surface area contributed by atoms with Crippen LogP contribution < -0.4 is 10.1 Å². The highest BCUT2D eigenvalue weighted by Gasteiger charge is 2.13. The Kier molecular flexibility index (Phi) is 6.29. The van der Waals surface area contributed by atoms with Gasteiger partial charge in [-0.25, -0.2) is 0 Å². The van der Waals surface area contributed by atoms with Gasteiger partial charge >= 0.3 is 6.61 Å². The van der Waals surface area contributed by atoms with E-state index in [1.807, 2.05) is 44.2 Å². The van der Waals surface area contributed by atoms with E-state index in [2.05, 4.69) is 10.1 Å². The molecule has 5 heteroatoms. The minimum Gasteiger partial charge on any atom is -0.435 e. The molecule has 0 aliphatic rings. The first-order chi connectivity index (χ1) is 11.4. The highest BCUT2D eigenvalue weighted by atomic mass is 19.3. The van der Waals surface area contributed by atoms with Crippen molar-refractivity contribution in [3.63, 3.8) is 0 Å². The van der Waals surface area contributed by atoms with Crippen molar-refractivity contribution in [2.24, 2.45) is 5.92 Å². The van der Waals surface area contributed by atoms with Crippen LogP contribution in [0.3, 0.4) is 0 Å². The zero-order chi connectivity index (χ0) is 17.5. The highest BCUT2D eigenvalue weighted by Crippen LogP contribution is 2.27. The molecule has 0 aliphatic heterocycles. The molecule has 24 heavy (non-hydrogen) atoms. The summed E-state index contributed by atoms with van der Waals surface area (Å²) < 4.78 is 29.8. The average Bonchev–Trinajstić information content (AvgIpc) is 2.49. The molecule has 1 N–H and O–H groups in total. The van der Waals surface area contributed by atoms with Crippen LogP contribution in [-0.4, -0.2) is 12.5 Å². The Morgan fingerprint density at radius 2 is 1.83 bits per heavy atom. The second kappa shape index (κ2) is 8.43. The third-order valence-corrected chi connectivity index (χ3v) is 3.39. The first-order valence-electron chi connectivity index (χ1n) is 7.85. The van der Waals surface area contributed by atoms with Gasteiger partial charge in [-0.1, -0.05) is 44.2 Å². The predicted octanol–water partition coefficient (Wildman–Crippen LogP) is 4.86. The largest absolute Gasteiger partial charge is 0.435 e. The zero-order valence-electron chi connectivity index (χ0n) is 13.8. The number of carbonyl (C=O) groups is 1. The molecule has 0 saturated carbocycles. The maximum Gasteiger partial charge on any atom is 0.387 e. The van der Waals surface area contributed by atoms with Crippen molar-refractivity contribution in [2.45, 2.75) is 33.3 Å². The van der Waals surface area contributed by atoms with Crippen molar-refractivity contribution >= 4 is 11.6 Å². The summed E-state index contributed by atoms with van der Waals surface area (Å²) >= 11 is 0. The van der Waals surface area contributed by atoms with Gasteiger partial charge in [-0.05, 0) is 29.7 Å². The van der Waals surface area contributed by atoms with E-state index >= 15 is 0 Å². The minimum absolute atomic E-state index is 0.0989. The number of benzene rings is 2. The lowest BCUT2D eigenvalue weighted by molar-refractivity contribution is -0.116. The van der Waals surface area contributed by atoms with Crippen LogP contribution in [0.1, 0.15) is 31.4 Å². The Morgan fingerprint density at radius 3 is 2.46 bits per heavy atom. The van der Waals surface area contributed by atoms with Gasteiger partial charge in [0, 0.05) is 24.1 Å². The molecule has 2 rings (SSSR count). The van der Waals surface area contributed by atoms with E-state index in [1.54, 1.807) is 12.1 Å². The second-order valence-electron chi connectivity index (χ2n) is 6.01. The van der Waals surface area contributed by atoms with Crippen LogP contribution in [0.15, 0.2) is 48.5 Å². The zero-order valence-corrected chi connectivity index (χ0v) is 13.8. The summed E-state index contributed by atoms with van der Waals surface area (Å²) in [5.41, 5.74) is 2.15. The van der Waals surface area contributed by atoms with Crippen molar-refractivity contribution in [1.82, 2.24) is 0 Å². The first-order valence-corrected chi connectivity index (χ1v) is 7.85. The second-order valence-corrected chi connectivity index (χ2v) is 6.01. The van der Waals surface area contributed by atoms with Crippen molar-refractivity contribution < 1.29 is 18.3 Å². The number of amides is 1. The molecule has 0 heterocycles. The van der Waals surface area contributed by atoms with E-state index in [1.165, 1.54) is 6.07 Å². The monoisotopic (exact) mass is 333 g/mol. The summed E-state index contributed by atoms with van der Waals surface area (Å²) in [6, 6.07) is 14.2. The molecule has 1 amide bonds. The van der Waals surface area contributed by atoms with Gasteiger partial charge < -0.3 is 10.1 Å². The summed E-state index contributed by atoms with van der Waals surface area (Å²) in [5, 5.41) is 2.80. The lowest BCUT2D eigenvalue weighted by Gasteiger charge is -2.14. The fourth-order valence-corrected chi connectivity index (χ4v) is 2.40. The fourth-order valence-electron chi connectivity index (χ4n) is 2.40. The molecule has 2 aromatic carbocycles. The summed E-state index contributed by atoms with van der Waals surface area (Å²) in [4.78, 5) is 11.9. The molecule has 0 bridgehead atoms. The van der Waals surface area contributed by atoms with Gasteiger partial charge in [0.05, 0.1) is 0 Å². The van der Waals surface area contributed by atoms with E-state index in [4.69, 9.17) is 0 Å². The Bertz CT molecular complexity index is 672. The minimum atomic E-state index is -2.89. The molecule has 128 valence electrons. The van der Waals surface area contributed by atoms with Gasteiger partial charge in [-0.2, -0.15) is 8.78 Å². The topological polar surface area (TPSA) is 38.3 Å². The molecule has 0 fully saturated rings. The lowest BCUT2D eigenvalue weighted by atomic mass is 10.0. The van der Waals surface area contributed by atoms with Gasteiger partial charge in [0.2, 0.25) is 5.91 Å². The number of anilines is 1. The molecule has 0 unspecified atom stereocenters. The summed E-state index contributed by atoms with van der Waals surface area (Å²) in [5.74, 6) is 0.268. The number of hydrogen-bond donors (Lipinski definition) is 1. The van der Waals surface area contributed by atoms with Crippen molar-refractivity contribution in [3.8, 4) is 5.75 Å². The Labute approximate surface area is 140 Å². The third kappa shape index (κ3) is 5.65. The average molecular weight is 333 g/mol. The Hall–Kier alpha value is -2.43. The van der Waals surface area contributed by atoms with Crippen LogP contribution in [0.25, 0.3) is 0 Å². The normalized spacial score (nSPS) is 10.9. The molecule has 3 nitrogen and oxygen atoms in total. The van der Waals surface area contributed by atoms with Crippen LogP contribution in [0, 0.1) is 5.92 Å². The van der Waals surface area contributed by atoms with E-state index in [0.717, 1.165) is 5.56 Å². The molecule has 0 radical (unpaired) electrons. The number of carbonyl (C=O) groups excluding carboxylic acids is 1. The van der Waals surface area contributed by atoms with Crippen molar-refractivity contribution in [2.75, 3.05) is 5.32 Å². The SMILES string of the molecule is CC(C)CC(=O)Nc1ccc(OC(F)F)c(Cc2ccccc2)c1. The quantitative estimate of drug-likeness (QED) is 0.785. The maximum absolute atomic E-state index is 12.6. The molecule has 0 saturated heterocycles. The van der Waals surface area contributed by atoms with Gasteiger partial charge in [-0.15, -0.1) is 0 Å². The third-order valence-electron chi connectivity index (χ3n) is 3.39. The summed E-state index contributed by atoms with van der Waals surface area (Å²) in [7, 11) is 0. The molecule has 0 spiro atoms. The fraction of sp³-hybridized carbons (Fsp3) is 0.316. The first kappa shape index (κ1) is 17.9. The number of hydrogen-bond acceptors (Lipinski definition) is 2. The number of ether oxygens (including phenoxy) is 1. The molecule has 0 aromatic heterocycles. The Balaban J connectivity index is 2.22. The number of rotatable bonds is 7. The lowest BCUT2D eigenvalue weighted by Crippen LogP contribution is -2.14. The standard InChI is InChI=1S/C19H21F2NO2/c1-13(2)10-18(23)22-16-8-9-17(24-19(20)21)15(12-16)11-14-6-4-3-5-7-14/h3-9,12-13,19H,10-11H2,1-2H3,(H,22,23). The molecular formula is C19H21F2NO2. The van der Waals surface area contributed by atoms with Gasteiger partial charge in [0.1, 0.15) is 5.75 Å². The maximum atomic E-state index is 12.6.